The van der Waals surface area contributed by atoms with E-state index in [-0.39, 0.29) is 23.5 Å². The van der Waals surface area contributed by atoms with E-state index >= 15 is 0 Å². The third-order valence-electron chi connectivity index (χ3n) is 2.91. The topological polar surface area (TPSA) is 119 Å². The van der Waals surface area contributed by atoms with E-state index in [1.165, 1.54) is 18.7 Å². The number of nitrogens with one attached hydrogen (secondary N) is 1. The Morgan fingerprint density at radius 1 is 1.45 bits per heavy atom. The Labute approximate surface area is 112 Å². The molecule has 2 heterocycles. The number of hydrogen-bond acceptors (Lipinski definition) is 5. The van der Waals surface area contributed by atoms with Crippen LogP contribution in [-0.4, -0.2) is 43.9 Å². The molecule has 0 saturated carbocycles. The number of carboxylic acids is 1. The van der Waals surface area contributed by atoms with Crippen LogP contribution in [0, 0.1) is 0 Å². The highest BCUT2D eigenvalue weighted by atomic mass is 16.5. The van der Waals surface area contributed by atoms with Crippen molar-refractivity contribution in [3.63, 3.8) is 0 Å². The van der Waals surface area contributed by atoms with E-state index in [4.69, 9.17) is 9.84 Å². The van der Waals surface area contributed by atoms with Crippen molar-refractivity contribution >= 4 is 17.1 Å². The molecule has 2 rings (SSSR count). The lowest BCUT2D eigenvalue weighted by molar-refractivity contribution is 0.0685. The fourth-order valence-electron chi connectivity index (χ4n) is 1.90. The van der Waals surface area contributed by atoms with Gasteiger partial charge in [-0.1, -0.05) is 0 Å². The molecule has 0 spiro atoms. The lowest BCUT2D eigenvalue weighted by Crippen LogP contribution is -2.38. The van der Waals surface area contributed by atoms with Crippen molar-refractivity contribution in [3.8, 4) is 0 Å². The molecule has 2 aromatic heterocycles. The zero-order valence-electron chi connectivity index (χ0n) is 11.0. The van der Waals surface area contributed by atoms with Gasteiger partial charge >= 0.3 is 11.7 Å². The van der Waals surface area contributed by atoms with Gasteiger partial charge in [-0.2, -0.15) is 0 Å². The van der Waals surface area contributed by atoms with E-state index in [1.54, 1.807) is 0 Å². The number of aromatic amines is 1. The standard InChI is InChI=1S/C11H14N4O5/c1-14-9(16)6-8(13-7(12-6)10(17)18)15(11(14)19)4-3-5-20-2/h3-5H2,1-2H3,(H,12,13)(H,17,18). The van der Waals surface area contributed by atoms with E-state index in [0.29, 0.717) is 13.0 Å². The maximum atomic E-state index is 12.1. The van der Waals surface area contributed by atoms with Crippen molar-refractivity contribution in [2.24, 2.45) is 7.05 Å². The summed E-state index contributed by atoms with van der Waals surface area (Å²) in [5.41, 5.74) is -1.09. The molecule has 9 heteroatoms. The van der Waals surface area contributed by atoms with Gasteiger partial charge in [0.25, 0.3) is 5.56 Å². The molecule has 0 saturated heterocycles. The molecular weight excluding hydrogens is 268 g/mol. The van der Waals surface area contributed by atoms with E-state index in [1.807, 2.05) is 0 Å². The second-order valence-electron chi connectivity index (χ2n) is 4.23. The number of aromatic carboxylic acids is 1. The molecule has 0 amide bonds. The maximum absolute atomic E-state index is 12.1. The minimum atomic E-state index is -1.29. The highest BCUT2D eigenvalue weighted by Crippen LogP contribution is 2.06. The summed E-state index contributed by atoms with van der Waals surface area (Å²) in [5.74, 6) is -1.66. The lowest BCUT2D eigenvalue weighted by Gasteiger charge is -2.07. The molecule has 0 aliphatic carbocycles. The Bertz CT molecular complexity index is 769. The third-order valence-corrected chi connectivity index (χ3v) is 2.91. The summed E-state index contributed by atoms with van der Waals surface area (Å²) >= 11 is 0. The molecule has 0 aliphatic heterocycles. The highest BCUT2D eigenvalue weighted by molar-refractivity contribution is 5.87. The average molecular weight is 282 g/mol. The first-order valence-corrected chi connectivity index (χ1v) is 5.89. The van der Waals surface area contributed by atoms with Crippen LogP contribution in [0.15, 0.2) is 9.59 Å². The lowest BCUT2D eigenvalue weighted by atomic mass is 10.4. The van der Waals surface area contributed by atoms with Crippen molar-refractivity contribution in [1.29, 1.82) is 0 Å². The summed E-state index contributed by atoms with van der Waals surface area (Å²) in [4.78, 5) is 41.1. The summed E-state index contributed by atoms with van der Waals surface area (Å²) in [6.07, 6.45) is 0.541. The normalized spacial score (nSPS) is 11.1. The number of rotatable bonds is 5. The molecule has 0 unspecified atom stereocenters. The summed E-state index contributed by atoms with van der Waals surface area (Å²) in [6, 6.07) is 0. The first-order valence-electron chi connectivity index (χ1n) is 5.89. The Morgan fingerprint density at radius 2 is 2.15 bits per heavy atom. The van der Waals surface area contributed by atoms with Gasteiger partial charge < -0.3 is 14.8 Å². The maximum Gasteiger partial charge on any atom is 0.371 e. The van der Waals surface area contributed by atoms with Crippen LogP contribution >= 0.6 is 0 Å². The molecule has 0 atom stereocenters. The van der Waals surface area contributed by atoms with Gasteiger partial charge in [0.05, 0.1) is 0 Å². The van der Waals surface area contributed by atoms with E-state index in [0.717, 1.165) is 4.57 Å². The quantitative estimate of drug-likeness (QED) is 0.690. The molecule has 0 aromatic carbocycles. The molecule has 0 radical (unpaired) electrons. The summed E-state index contributed by atoms with van der Waals surface area (Å²) in [7, 11) is 2.87. The number of aryl methyl sites for hydroxylation is 1. The van der Waals surface area contributed by atoms with Crippen LogP contribution in [0.1, 0.15) is 17.0 Å². The Kier molecular flexibility index (Phi) is 3.70. The predicted octanol–water partition coefficient (Wildman–Crippen LogP) is -0.842. The second kappa shape index (κ2) is 5.29. The molecule has 0 aliphatic rings. The first kappa shape index (κ1) is 14.0. The van der Waals surface area contributed by atoms with Gasteiger partial charge in [0.15, 0.2) is 11.2 Å². The molecule has 2 aromatic rings. The number of hydrogen-bond donors (Lipinski definition) is 2. The van der Waals surface area contributed by atoms with Crippen LogP contribution in [0.25, 0.3) is 11.2 Å². The highest BCUT2D eigenvalue weighted by Gasteiger charge is 2.18. The first-order chi connectivity index (χ1) is 9.47. The fourth-order valence-corrected chi connectivity index (χ4v) is 1.90. The second-order valence-corrected chi connectivity index (χ2v) is 4.23. The van der Waals surface area contributed by atoms with Crippen molar-refractivity contribution < 1.29 is 14.6 Å². The number of carbonyl (C=O) groups is 1. The minimum Gasteiger partial charge on any atom is -0.475 e. The molecule has 108 valence electrons. The van der Waals surface area contributed by atoms with Crippen LogP contribution in [-0.2, 0) is 18.3 Å². The van der Waals surface area contributed by atoms with Crippen LogP contribution in [0.5, 0.6) is 0 Å². The smallest absolute Gasteiger partial charge is 0.371 e. The van der Waals surface area contributed by atoms with Gasteiger partial charge in [-0.05, 0) is 6.42 Å². The van der Waals surface area contributed by atoms with Crippen LogP contribution < -0.4 is 11.2 Å². The molecule has 0 fully saturated rings. The summed E-state index contributed by atoms with van der Waals surface area (Å²) < 4.78 is 7.08. The van der Waals surface area contributed by atoms with Gasteiger partial charge in [-0.3, -0.25) is 13.9 Å². The van der Waals surface area contributed by atoms with Crippen molar-refractivity contribution in [3.05, 3.63) is 26.7 Å². The van der Waals surface area contributed by atoms with Crippen molar-refractivity contribution in [2.45, 2.75) is 13.0 Å². The molecule has 20 heavy (non-hydrogen) atoms. The van der Waals surface area contributed by atoms with Gasteiger partial charge in [0.2, 0.25) is 5.82 Å². The minimum absolute atomic E-state index is 0.00177. The SMILES string of the molecule is COCCCn1c(=O)n(C)c(=O)c2[nH]c(C(=O)O)nc21. The van der Waals surface area contributed by atoms with Gasteiger partial charge in [0, 0.05) is 27.3 Å². The zero-order chi connectivity index (χ0) is 14.9. The van der Waals surface area contributed by atoms with Crippen molar-refractivity contribution in [1.82, 2.24) is 19.1 Å². The molecule has 0 bridgehead atoms. The van der Waals surface area contributed by atoms with E-state index in [9.17, 15) is 14.4 Å². The van der Waals surface area contributed by atoms with Gasteiger partial charge in [-0.25, -0.2) is 14.6 Å². The largest absolute Gasteiger partial charge is 0.475 e. The number of aromatic nitrogens is 4. The molecule has 9 nitrogen and oxygen atoms in total. The van der Waals surface area contributed by atoms with Crippen LogP contribution in [0.4, 0.5) is 0 Å². The molecular formula is C11H14N4O5. The average Bonchev–Trinajstić information content (AvgIpc) is 2.85. The number of carboxylic acid groups (broad SMARTS) is 1. The summed E-state index contributed by atoms with van der Waals surface area (Å²) in [5, 5.41) is 8.91. The fraction of sp³-hybridized carbons (Fsp3) is 0.455. The van der Waals surface area contributed by atoms with Crippen LogP contribution in [0.3, 0.4) is 0 Å². The van der Waals surface area contributed by atoms with Crippen molar-refractivity contribution in [2.75, 3.05) is 13.7 Å². The van der Waals surface area contributed by atoms with Gasteiger partial charge in [0.1, 0.15) is 0 Å². The van der Waals surface area contributed by atoms with Crippen LogP contribution in [0.2, 0.25) is 0 Å². The number of H-pyrrole nitrogens is 1. The number of ether oxygens (including phenoxy) is 1. The van der Waals surface area contributed by atoms with E-state index in [2.05, 4.69) is 9.97 Å². The summed E-state index contributed by atoms with van der Waals surface area (Å²) in [6.45, 7) is 0.716. The number of nitrogens with zero attached hydrogens (tertiary/aromatic N) is 3. The predicted molar refractivity (Wildman–Crippen MR) is 69.0 cm³/mol. The molecule has 2 N–H and O–H groups in total. The number of methoxy groups -OCH3 is 1. The van der Waals surface area contributed by atoms with E-state index < -0.39 is 17.2 Å². The third kappa shape index (κ3) is 2.23. The Balaban J connectivity index is 2.68. The number of fused-ring (bicyclic) bond motifs is 1. The van der Waals surface area contributed by atoms with Gasteiger partial charge in [-0.15, -0.1) is 0 Å². The Hall–Kier alpha value is -2.42. The Morgan fingerprint density at radius 3 is 2.75 bits per heavy atom. The monoisotopic (exact) mass is 282 g/mol. The zero-order valence-corrected chi connectivity index (χ0v) is 11.0. The number of imidazole rings is 1.